The Labute approximate surface area is 184 Å². The number of amides is 1. The maximum Gasteiger partial charge on any atom is 0.287 e. The lowest BCUT2D eigenvalue weighted by atomic mass is 9.89. The number of ether oxygens (including phenoxy) is 1. The van der Waals surface area contributed by atoms with Gasteiger partial charge < -0.3 is 25.1 Å². The van der Waals surface area contributed by atoms with Crippen molar-refractivity contribution in [1.82, 2.24) is 16.0 Å². The lowest BCUT2D eigenvalue weighted by Gasteiger charge is -2.32. The summed E-state index contributed by atoms with van der Waals surface area (Å²) in [5.74, 6) is 1.36. The first kappa shape index (κ1) is 22.9. The molecule has 0 radical (unpaired) electrons. The first-order chi connectivity index (χ1) is 15.1. The fourth-order valence-corrected chi connectivity index (χ4v) is 3.81. The maximum absolute atomic E-state index is 12.1. The van der Waals surface area contributed by atoms with E-state index < -0.39 is 0 Å². The van der Waals surface area contributed by atoms with E-state index in [2.05, 4.69) is 52.1 Å². The second-order valence-corrected chi connectivity index (χ2v) is 8.03. The number of carbonyl (C=O) groups excluding carboxylic acids is 1. The minimum atomic E-state index is -0.176. The van der Waals surface area contributed by atoms with Crippen LogP contribution in [0, 0.1) is 19.8 Å². The molecule has 168 valence electrons. The minimum Gasteiger partial charge on any atom is -0.459 e. The Hall–Kier alpha value is -2.80. The van der Waals surface area contributed by atoms with Crippen molar-refractivity contribution in [3.8, 4) is 0 Å². The SMILES string of the molecule is CN=C(NCCCNC(=O)c1occc1C)NCC1CCCOC1c1ccc(C)cc1. The lowest BCUT2D eigenvalue weighted by Crippen LogP contribution is -2.42. The highest BCUT2D eigenvalue weighted by atomic mass is 16.5. The molecule has 31 heavy (non-hydrogen) atoms. The van der Waals surface area contributed by atoms with Gasteiger partial charge in [-0.05, 0) is 44.7 Å². The van der Waals surface area contributed by atoms with E-state index in [0.717, 1.165) is 43.9 Å². The van der Waals surface area contributed by atoms with E-state index in [4.69, 9.17) is 9.15 Å². The summed E-state index contributed by atoms with van der Waals surface area (Å²) in [5.41, 5.74) is 3.34. The van der Waals surface area contributed by atoms with Crippen LogP contribution in [0.3, 0.4) is 0 Å². The maximum atomic E-state index is 12.1. The number of furan rings is 1. The summed E-state index contributed by atoms with van der Waals surface area (Å²) >= 11 is 0. The fraction of sp³-hybridized carbons (Fsp3) is 0.500. The molecule has 0 saturated carbocycles. The van der Waals surface area contributed by atoms with Crippen molar-refractivity contribution in [2.75, 3.05) is 33.3 Å². The van der Waals surface area contributed by atoms with Crippen LogP contribution in [0.1, 0.15) is 52.6 Å². The number of nitrogens with zero attached hydrogens (tertiary/aromatic N) is 1. The molecule has 2 atom stereocenters. The summed E-state index contributed by atoms with van der Waals surface area (Å²) in [6.45, 7) is 6.84. The Balaban J connectivity index is 1.39. The third-order valence-electron chi connectivity index (χ3n) is 5.61. The second-order valence-electron chi connectivity index (χ2n) is 8.03. The average molecular weight is 427 g/mol. The molecule has 2 unspecified atom stereocenters. The van der Waals surface area contributed by atoms with Crippen molar-refractivity contribution in [1.29, 1.82) is 0 Å². The van der Waals surface area contributed by atoms with E-state index in [-0.39, 0.29) is 12.0 Å². The molecule has 1 aliphatic heterocycles. The van der Waals surface area contributed by atoms with Crippen molar-refractivity contribution < 1.29 is 13.9 Å². The van der Waals surface area contributed by atoms with Crippen molar-refractivity contribution in [3.63, 3.8) is 0 Å². The molecule has 7 heteroatoms. The Morgan fingerprint density at radius 3 is 2.58 bits per heavy atom. The lowest BCUT2D eigenvalue weighted by molar-refractivity contribution is -0.0265. The predicted molar refractivity (Wildman–Crippen MR) is 122 cm³/mol. The summed E-state index contributed by atoms with van der Waals surface area (Å²) in [4.78, 5) is 16.4. The van der Waals surface area contributed by atoms with Crippen LogP contribution < -0.4 is 16.0 Å². The molecule has 1 amide bonds. The highest BCUT2D eigenvalue weighted by molar-refractivity contribution is 5.92. The van der Waals surface area contributed by atoms with Crippen LogP contribution in [0.4, 0.5) is 0 Å². The number of nitrogens with one attached hydrogen (secondary N) is 3. The molecular weight excluding hydrogens is 392 g/mol. The number of benzene rings is 1. The first-order valence-corrected chi connectivity index (χ1v) is 11.0. The minimum absolute atomic E-state index is 0.111. The van der Waals surface area contributed by atoms with Gasteiger partial charge >= 0.3 is 0 Å². The van der Waals surface area contributed by atoms with Gasteiger partial charge in [-0.15, -0.1) is 0 Å². The van der Waals surface area contributed by atoms with E-state index in [1.165, 1.54) is 17.4 Å². The first-order valence-electron chi connectivity index (χ1n) is 11.0. The zero-order chi connectivity index (χ0) is 22.1. The molecule has 0 spiro atoms. The summed E-state index contributed by atoms with van der Waals surface area (Å²) in [6, 6.07) is 10.4. The Kier molecular flexibility index (Phi) is 8.53. The summed E-state index contributed by atoms with van der Waals surface area (Å²) < 4.78 is 11.3. The normalized spacial score (nSPS) is 19.1. The third-order valence-corrected chi connectivity index (χ3v) is 5.61. The van der Waals surface area contributed by atoms with E-state index in [9.17, 15) is 4.79 Å². The third kappa shape index (κ3) is 6.59. The molecule has 3 rings (SSSR count). The number of rotatable bonds is 8. The molecule has 1 saturated heterocycles. The molecule has 0 aliphatic carbocycles. The molecular formula is C24H34N4O3. The van der Waals surface area contributed by atoms with Crippen molar-refractivity contribution in [3.05, 3.63) is 59.0 Å². The van der Waals surface area contributed by atoms with Crippen LogP contribution in [0.2, 0.25) is 0 Å². The van der Waals surface area contributed by atoms with Crippen LogP contribution in [-0.2, 0) is 4.74 Å². The average Bonchev–Trinajstić information content (AvgIpc) is 3.22. The van der Waals surface area contributed by atoms with Crippen molar-refractivity contribution in [2.24, 2.45) is 10.9 Å². The van der Waals surface area contributed by atoms with Crippen LogP contribution >= 0.6 is 0 Å². The summed E-state index contributed by atoms with van der Waals surface area (Å²) in [7, 11) is 1.77. The van der Waals surface area contributed by atoms with Crippen molar-refractivity contribution in [2.45, 2.75) is 39.2 Å². The largest absolute Gasteiger partial charge is 0.459 e. The molecule has 1 aromatic heterocycles. The summed E-state index contributed by atoms with van der Waals surface area (Å²) in [5, 5.41) is 9.63. The number of hydrogen-bond acceptors (Lipinski definition) is 4. The van der Waals surface area contributed by atoms with Gasteiger partial charge in [0, 0.05) is 44.8 Å². The van der Waals surface area contributed by atoms with E-state index in [1.807, 2.05) is 6.92 Å². The monoisotopic (exact) mass is 426 g/mol. The van der Waals surface area contributed by atoms with Gasteiger partial charge in [0.15, 0.2) is 11.7 Å². The number of carbonyl (C=O) groups is 1. The molecule has 7 nitrogen and oxygen atoms in total. The molecule has 3 N–H and O–H groups in total. The van der Waals surface area contributed by atoms with Gasteiger partial charge in [-0.2, -0.15) is 0 Å². The van der Waals surface area contributed by atoms with Crippen LogP contribution in [0.25, 0.3) is 0 Å². The molecule has 2 aromatic rings. The number of aryl methyl sites for hydroxylation is 2. The Bertz CT molecular complexity index is 860. The van der Waals surface area contributed by atoms with E-state index in [0.29, 0.717) is 24.8 Å². The van der Waals surface area contributed by atoms with Gasteiger partial charge in [0.1, 0.15) is 0 Å². The molecule has 0 bridgehead atoms. The Morgan fingerprint density at radius 2 is 1.87 bits per heavy atom. The molecule has 1 fully saturated rings. The standard InChI is InChI=1S/C24H34N4O3/c1-17-7-9-19(10-8-17)22-20(6-4-14-30-22)16-28-24(25-3)27-13-5-12-26-23(29)21-18(2)11-15-31-21/h7-11,15,20,22H,4-6,12-14,16H2,1-3H3,(H,26,29)(H2,25,27,28). The smallest absolute Gasteiger partial charge is 0.287 e. The fourth-order valence-electron chi connectivity index (χ4n) is 3.81. The van der Waals surface area contributed by atoms with E-state index >= 15 is 0 Å². The molecule has 1 aromatic carbocycles. The summed E-state index contributed by atoms with van der Waals surface area (Å²) in [6.07, 6.45) is 4.63. The number of aliphatic imine (C=N–C) groups is 1. The van der Waals surface area contributed by atoms with Gasteiger partial charge in [-0.25, -0.2) is 0 Å². The van der Waals surface area contributed by atoms with Gasteiger partial charge in [0.2, 0.25) is 0 Å². The van der Waals surface area contributed by atoms with Gasteiger partial charge in [0.05, 0.1) is 12.4 Å². The zero-order valence-electron chi connectivity index (χ0n) is 18.7. The highest BCUT2D eigenvalue weighted by Crippen LogP contribution is 2.33. The predicted octanol–water partition coefficient (Wildman–Crippen LogP) is 3.35. The zero-order valence-corrected chi connectivity index (χ0v) is 18.7. The topological polar surface area (TPSA) is 87.9 Å². The van der Waals surface area contributed by atoms with Crippen LogP contribution in [0.15, 0.2) is 46.0 Å². The second kappa shape index (κ2) is 11.6. The van der Waals surface area contributed by atoms with Gasteiger partial charge in [0.25, 0.3) is 5.91 Å². The molecule has 1 aliphatic rings. The number of guanidine groups is 1. The van der Waals surface area contributed by atoms with Crippen LogP contribution in [-0.4, -0.2) is 45.2 Å². The quantitative estimate of drug-likeness (QED) is 0.342. The van der Waals surface area contributed by atoms with Gasteiger partial charge in [-0.3, -0.25) is 9.79 Å². The highest BCUT2D eigenvalue weighted by Gasteiger charge is 2.27. The Morgan fingerprint density at radius 1 is 1.10 bits per heavy atom. The van der Waals surface area contributed by atoms with E-state index in [1.54, 1.807) is 13.1 Å². The van der Waals surface area contributed by atoms with Gasteiger partial charge in [-0.1, -0.05) is 29.8 Å². The van der Waals surface area contributed by atoms with Crippen LogP contribution in [0.5, 0.6) is 0 Å². The number of hydrogen-bond donors (Lipinski definition) is 3. The molecule has 2 heterocycles. The van der Waals surface area contributed by atoms with Crippen molar-refractivity contribution >= 4 is 11.9 Å².